The number of carbonyl (C=O) groups excluding carboxylic acids is 1. The van der Waals surface area contributed by atoms with Gasteiger partial charge in [-0.25, -0.2) is 9.97 Å². The van der Waals surface area contributed by atoms with Crippen molar-refractivity contribution < 1.29 is 4.79 Å². The first-order valence-corrected chi connectivity index (χ1v) is 5.78. The van der Waals surface area contributed by atoms with E-state index < -0.39 is 0 Å². The highest BCUT2D eigenvalue weighted by atomic mass is 16.1. The van der Waals surface area contributed by atoms with Crippen molar-refractivity contribution in [2.45, 2.75) is 19.8 Å². The predicted octanol–water partition coefficient (Wildman–Crippen LogP) is -0.0672. The van der Waals surface area contributed by atoms with Crippen molar-refractivity contribution >= 4 is 17.5 Å². The molecule has 0 radical (unpaired) electrons. The predicted molar refractivity (Wildman–Crippen MR) is 65.3 cm³/mol. The number of carbonyl (C=O) groups is 1. The van der Waals surface area contributed by atoms with E-state index in [0.29, 0.717) is 12.4 Å². The second-order valence-corrected chi connectivity index (χ2v) is 4.25. The van der Waals surface area contributed by atoms with Crippen molar-refractivity contribution in [3.8, 4) is 0 Å². The Morgan fingerprint density at radius 2 is 2.35 bits per heavy atom. The molecule has 0 aliphatic carbocycles. The second kappa shape index (κ2) is 4.57. The summed E-state index contributed by atoms with van der Waals surface area (Å²) in [5.41, 5.74) is 11.0. The fourth-order valence-electron chi connectivity index (χ4n) is 2.02. The zero-order valence-corrected chi connectivity index (χ0v) is 9.89. The molecule has 1 aromatic rings. The number of hydrogen-bond acceptors (Lipinski definition) is 5. The molecular formula is C11H17N5O. The first-order valence-electron chi connectivity index (χ1n) is 5.78. The Bertz CT molecular complexity index is 434. The molecule has 1 amide bonds. The van der Waals surface area contributed by atoms with E-state index in [2.05, 4.69) is 9.97 Å². The van der Waals surface area contributed by atoms with Gasteiger partial charge in [-0.3, -0.25) is 4.79 Å². The summed E-state index contributed by atoms with van der Waals surface area (Å²) >= 11 is 0. The molecule has 0 aromatic carbocycles. The molecule has 0 spiro atoms. The van der Waals surface area contributed by atoms with Gasteiger partial charge in [-0.05, 0) is 6.42 Å². The van der Waals surface area contributed by atoms with Crippen LogP contribution in [0.2, 0.25) is 0 Å². The van der Waals surface area contributed by atoms with Gasteiger partial charge < -0.3 is 16.4 Å². The van der Waals surface area contributed by atoms with E-state index in [1.54, 1.807) is 6.07 Å². The lowest BCUT2D eigenvalue weighted by molar-refractivity contribution is -0.121. The summed E-state index contributed by atoms with van der Waals surface area (Å²) in [6, 6.07) is 1.74. The maximum atomic E-state index is 11.1. The molecule has 0 saturated carbocycles. The first kappa shape index (κ1) is 11.6. The molecule has 1 unspecified atom stereocenters. The van der Waals surface area contributed by atoms with Crippen LogP contribution in [-0.4, -0.2) is 29.0 Å². The highest BCUT2D eigenvalue weighted by molar-refractivity contribution is 5.78. The summed E-state index contributed by atoms with van der Waals surface area (Å²) in [5.74, 6) is 1.65. The number of nitrogens with zero attached hydrogens (tertiary/aromatic N) is 3. The average molecular weight is 235 g/mol. The molecule has 6 nitrogen and oxygen atoms in total. The van der Waals surface area contributed by atoms with Crippen LogP contribution in [-0.2, 0) is 11.2 Å². The molecule has 1 atom stereocenters. The maximum Gasteiger partial charge on any atom is 0.222 e. The van der Waals surface area contributed by atoms with Crippen molar-refractivity contribution in [1.29, 1.82) is 0 Å². The zero-order valence-electron chi connectivity index (χ0n) is 9.89. The topological polar surface area (TPSA) is 98.1 Å². The van der Waals surface area contributed by atoms with Gasteiger partial charge in [0, 0.05) is 25.6 Å². The van der Waals surface area contributed by atoms with Crippen LogP contribution in [0.15, 0.2) is 6.07 Å². The number of hydrogen-bond donors (Lipinski definition) is 2. The van der Waals surface area contributed by atoms with Crippen molar-refractivity contribution in [2.75, 3.05) is 23.7 Å². The molecule has 1 aliphatic rings. The van der Waals surface area contributed by atoms with Crippen molar-refractivity contribution in [1.82, 2.24) is 9.97 Å². The second-order valence-electron chi connectivity index (χ2n) is 4.25. The monoisotopic (exact) mass is 235 g/mol. The summed E-state index contributed by atoms with van der Waals surface area (Å²) < 4.78 is 0. The summed E-state index contributed by atoms with van der Waals surface area (Å²) in [7, 11) is 0. The minimum absolute atomic E-state index is 0.0868. The molecule has 0 bridgehead atoms. The van der Waals surface area contributed by atoms with Crippen molar-refractivity contribution in [3.05, 3.63) is 11.9 Å². The normalized spacial score (nSPS) is 19.6. The minimum atomic E-state index is -0.245. The SMILES string of the molecule is CCc1nc(N)cc(N2CCC(C(N)=O)C2)n1. The highest BCUT2D eigenvalue weighted by Gasteiger charge is 2.27. The zero-order chi connectivity index (χ0) is 12.4. The van der Waals surface area contributed by atoms with Gasteiger partial charge in [0.15, 0.2) is 0 Å². The summed E-state index contributed by atoms with van der Waals surface area (Å²) in [6.07, 6.45) is 1.52. The van der Waals surface area contributed by atoms with Crippen LogP contribution in [0, 0.1) is 5.92 Å². The Hall–Kier alpha value is -1.85. The smallest absolute Gasteiger partial charge is 0.222 e. The molecule has 6 heteroatoms. The van der Waals surface area contributed by atoms with Gasteiger partial charge in [0.1, 0.15) is 17.5 Å². The number of aryl methyl sites for hydroxylation is 1. The fraction of sp³-hybridized carbons (Fsp3) is 0.545. The summed E-state index contributed by atoms with van der Waals surface area (Å²) in [5, 5.41) is 0. The van der Waals surface area contributed by atoms with Gasteiger partial charge in [0.2, 0.25) is 5.91 Å². The Morgan fingerprint density at radius 1 is 1.59 bits per heavy atom. The standard InChI is InChI=1S/C11H17N5O/c1-2-9-14-8(12)5-10(15-9)16-4-3-7(6-16)11(13)17/h5,7H,2-4,6H2,1H3,(H2,13,17)(H2,12,14,15). The van der Waals surface area contributed by atoms with Crippen LogP contribution in [0.5, 0.6) is 0 Å². The molecule has 17 heavy (non-hydrogen) atoms. The minimum Gasteiger partial charge on any atom is -0.384 e. The molecule has 1 aliphatic heterocycles. The van der Waals surface area contributed by atoms with Gasteiger partial charge in [0.05, 0.1) is 5.92 Å². The molecule has 2 heterocycles. The molecular weight excluding hydrogens is 218 g/mol. The van der Waals surface area contributed by atoms with E-state index in [0.717, 1.165) is 31.0 Å². The van der Waals surface area contributed by atoms with E-state index in [4.69, 9.17) is 11.5 Å². The van der Waals surface area contributed by atoms with Gasteiger partial charge in [-0.1, -0.05) is 6.92 Å². The molecule has 92 valence electrons. The highest BCUT2D eigenvalue weighted by Crippen LogP contribution is 2.23. The first-order chi connectivity index (χ1) is 8.10. The average Bonchev–Trinajstić information content (AvgIpc) is 2.77. The molecule has 4 N–H and O–H groups in total. The number of nitrogens with two attached hydrogens (primary N) is 2. The number of aromatic nitrogens is 2. The van der Waals surface area contributed by atoms with Crippen molar-refractivity contribution in [2.24, 2.45) is 11.7 Å². The molecule has 2 rings (SSSR count). The van der Waals surface area contributed by atoms with E-state index in [1.807, 2.05) is 11.8 Å². The lowest BCUT2D eigenvalue weighted by atomic mass is 10.1. The summed E-state index contributed by atoms with van der Waals surface area (Å²) in [4.78, 5) is 21.7. The van der Waals surface area contributed by atoms with E-state index in [9.17, 15) is 4.79 Å². The Balaban J connectivity index is 2.18. The van der Waals surface area contributed by atoms with Crippen LogP contribution < -0.4 is 16.4 Å². The van der Waals surface area contributed by atoms with Gasteiger partial charge in [-0.2, -0.15) is 0 Å². The van der Waals surface area contributed by atoms with Crippen LogP contribution in [0.3, 0.4) is 0 Å². The molecule has 1 fully saturated rings. The Labute approximate surface area is 100 Å². The van der Waals surface area contributed by atoms with Crippen LogP contribution in [0.4, 0.5) is 11.6 Å². The van der Waals surface area contributed by atoms with Crippen molar-refractivity contribution in [3.63, 3.8) is 0 Å². The van der Waals surface area contributed by atoms with E-state index in [1.165, 1.54) is 0 Å². The van der Waals surface area contributed by atoms with E-state index >= 15 is 0 Å². The number of rotatable bonds is 3. The molecule has 1 aromatic heterocycles. The largest absolute Gasteiger partial charge is 0.384 e. The number of amides is 1. The third-order valence-corrected chi connectivity index (χ3v) is 3.01. The number of primary amides is 1. The van der Waals surface area contributed by atoms with Crippen LogP contribution in [0.1, 0.15) is 19.2 Å². The third-order valence-electron chi connectivity index (χ3n) is 3.01. The summed E-state index contributed by atoms with van der Waals surface area (Å²) in [6.45, 7) is 3.39. The van der Waals surface area contributed by atoms with E-state index in [-0.39, 0.29) is 11.8 Å². The quantitative estimate of drug-likeness (QED) is 0.764. The Morgan fingerprint density at radius 3 is 2.94 bits per heavy atom. The van der Waals surface area contributed by atoms with Gasteiger partial charge in [0.25, 0.3) is 0 Å². The van der Waals surface area contributed by atoms with Crippen LogP contribution in [0.25, 0.3) is 0 Å². The maximum absolute atomic E-state index is 11.1. The number of nitrogen functional groups attached to an aromatic ring is 1. The fourth-order valence-corrected chi connectivity index (χ4v) is 2.02. The lowest BCUT2D eigenvalue weighted by Gasteiger charge is -2.17. The Kier molecular flexibility index (Phi) is 3.12. The van der Waals surface area contributed by atoms with Gasteiger partial charge in [-0.15, -0.1) is 0 Å². The van der Waals surface area contributed by atoms with Gasteiger partial charge >= 0.3 is 0 Å². The third kappa shape index (κ3) is 2.46. The number of anilines is 2. The van der Waals surface area contributed by atoms with Crippen LogP contribution >= 0.6 is 0 Å². The lowest BCUT2D eigenvalue weighted by Crippen LogP contribution is -2.28. The molecule has 1 saturated heterocycles.